The molecule has 1 saturated carbocycles. The van der Waals surface area contributed by atoms with E-state index in [9.17, 15) is 4.79 Å². The lowest BCUT2D eigenvalue weighted by Crippen LogP contribution is -2.44. The summed E-state index contributed by atoms with van der Waals surface area (Å²) < 4.78 is 6.59. The second-order valence-corrected chi connectivity index (χ2v) is 10.4. The molecule has 6 nitrogen and oxygen atoms in total. The van der Waals surface area contributed by atoms with E-state index in [0.29, 0.717) is 22.7 Å². The maximum absolute atomic E-state index is 12.4. The molecule has 2 aromatic carbocycles. The van der Waals surface area contributed by atoms with Gasteiger partial charge in [-0.1, -0.05) is 68.0 Å². The minimum Gasteiger partial charge on any atom is -0.457 e. The first-order chi connectivity index (χ1) is 15.6. The van der Waals surface area contributed by atoms with Crippen LogP contribution >= 0.6 is 23.1 Å². The molecule has 1 aliphatic carbocycles. The Morgan fingerprint density at radius 1 is 1.06 bits per heavy atom. The van der Waals surface area contributed by atoms with Crippen molar-refractivity contribution in [2.24, 2.45) is 11.8 Å². The Kier molecular flexibility index (Phi) is 7.65. The molecule has 1 amide bonds. The smallest absolute Gasteiger partial charge is 0.230 e. The first-order valence-electron chi connectivity index (χ1n) is 10.9. The number of hydrogen-bond acceptors (Lipinski definition) is 7. The number of hydrogen-bond donors (Lipinski definition) is 2. The molecule has 1 aromatic heterocycles. The lowest BCUT2D eigenvalue weighted by molar-refractivity contribution is -0.119. The first-order valence-corrected chi connectivity index (χ1v) is 12.7. The van der Waals surface area contributed by atoms with E-state index >= 15 is 0 Å². The second kappa shape index (κ2) is 10.8. The predicted octanol–water partition coefficient (Wildman–Crippen LogP) is 6.11. The molecule has 32 heavy (non-hydrogen) atoms. The van der Waals surface area contributed by atoms with Crippen LogP contribution in [0.3, 0.4) is 0 Å². The van der Waals surface area contributed by atoms with Crippen LogP contribution in [0.5, 0.6) is 11.5 Å². The second-order valence-electron chi connectivity index (χ2n) is 8.17. The maximum Gasteiger partial charge on any atom is 0.230 e. The number of ether oxygens (including phenoxy) is 1. The summed E-state index contributed by atoms with van der Waals surface area (Å²) in [6, 6.07) is 17.6. The average Bonchev–Trinajstić information content (AvgIpc) is 3.25. The van der Waals surface area contributed by atoms with Crippen molar-refractivity contribution in [1.29, 1.82) is 0 Å². The van der Waals surface area contributed by atoms with Crippen LogP contribution in [0.1, 0.15) is 33.1 Å². The van der Waals surface area contributed by atoms with E-state index in [1.165, 1.54) is 35.9 Å². The van der Waals surface area contributed by atoms with Crippen molar-refractivity contribution in [3.05, 3.63) is 54.6 Å². The molecule has 1 heterocycles. The van der Waals surface area contributed by atoms with E-state index in [1.807, 2.05) is 54.6 Å². The van der Waals surface area contributed by atoms with Crippen LogP contribution in [0.15, 0.2) is 58.9 Å². The third-order valence-corrected chi connectivity index (χ3v) is 7.84. The fraction of sp³-hybridized carbons (Fsp3) is 0.375. The Bertz CT molecular complexity index is 1010. The number of aromatic nitrogens is 2. The number of carbonyl (C=O) groups is 1. The molecule has 1 aliphatic rings. The molecule has 0 spiro atoms. The molecule has 0 bridgehead atoms. The van der Waals surface area contributed by atoms with Gasteiger partial charge in [0.05, 0.1) is 5.75 Å². The summed E-state index contributed by atoms with van der Waals surface area (Å²) in [4.78, 5) is 12.4. The molecule has 0 aliphatic heterocycles. The normalized spacial score (nSPS) is 20.5. The van der Waals surface area contributed by atoms with Crippen molar-refractivity contribution >= 4 is 39.8 Å². The number of thioether (sulfide) groups is 1. The summed E-state index contributed by atoms with van der Waals surface area (Å²) in [5.74, 6) is 3.19. The predicted molar refractivity (Wildman–Crippen MR) is 131 cm³/mol. The van der Waals surface area contributed by atoms with Crippen molar-refractivity contribution in [2.75, 3.05) is 11.1 Å². The number of carbonyl (C=O) groups excluding carboxylic acids is 1. The Labute approximate surface area is 197 Å². The molecule has 3 atom stereocenters. The van der Waals surface area contributed by atoms with Crippen LogP contribution in [-0.4, -0.2) is 27.9 Å². The molecule has 3 unspecified atom stereocenters. The minimum absolute atomic E-state index is 0.0691. The standard InChI is InChI=1S/C24H28N4O2S2/c1-16-7-6-10-21(17(16)2)26-22(29)15-31-24-28-27-23(32-24)25-18-11-13-20(14-12-18)30-19-8-4-3-5-9-19/h3-5,8-9,11-14,16-17,21H,6-7,10,15H2,1-2H3,(H,25,27)(H,26,29). The molecule has 4 rings (SSSR count). The van der Waals surface area contributed by atoms with Gasteiger partial charge in [0.15, 0.2) is 4.34 Å². The van der Waals surface area contributed by atoms with Gasteiger partial charge < -0.3 is 15.4 Å². The summed E-state index contributed by atoms with van der Waals surface area (Å²) in [5.41, 5.74) is 0.899. The van der Waals surface area contributed by atoms with Gasteiger partial charge in [-0.05, 0) is 54.7 Å². The average molecular weight is 469 g/mol. The van der Waals surface area contributed by atoms with Gasteiger partial charge >= 0.3 is 0 Å². The maximum atomic E-state index is 12.4. The highest BCUT2D eigenvalue weighted by atomic mass is 32.2. The molecule has 2 N–H and O–H groups in total. The van der Waals surface area contributed by atoms with Gasteiger partial charge in [-0.25, -0.2) is 0 Å². The molecular weight excluding hydrogens is 440 g/mol. The third-order valence-electron chi connectivity index (χ3n) is 5.87. The van der Waals surface area contributed by atoms with Crippen molar-refractivity contribution in [2.45, 2.75) is 43.5 Å². The number of amides is 1. The number of nitrogens with one attached hydrogen (secondary N) is 2. The largest absolute Gasteiger partial charge is 0.457 e. The summed E-state index contributed by atoms with van der Waals surface area (Å²) in [7, 11) is 0. The summed E-state index contributed by atoms with van der Waals surface area (Å²) >= 11 is 2.87. The molecule has 0 radical (unpaired) electrons. The SMILES string of the molecule is CC1CCCC(NC(=O)CSc2nnc(Nc3ccc(Oc4ccccc4)cc3)s2)C1C. The van der Waals surface area contributed by atoms with Gasteiger partial charge in [0.1, 0.15) is 11.5 Å². The van der Waals surface area contributed by atoms with Crippen LogP contribution in [-0.2, 0) is 4.79 Å². The Hall–Kier alpha value is -2.58. The van der Waals surface area contributed by atoms with Gasteiger partial charge in [0, 0.05) is 11.7 Å². The van der Waals surface area contributed by atoms with Crippen LogP contribution in [0.25, 0.3) is 0 Å². The summed E-state index contributed by atoms with van der Waals surface area (Å²) in [6.45, 7) is 4.52. The highest BCUT2D eigenvalue weighted by Crippen LogP contribution is 2.31. The number of benzene rings is 2. The zero-order chi connectivity index (χ0) is 22.3. The number of anilines is 2. The third kappa shape index (κ3) is 6.23. The van der Waals surface area contributed by atoms with E-state index in [1.54, 1.807) is 0 Å². The molecule has 0 saturated heterocycles. The van der Waals surface area contributed by atoms with E-state index in [-0.39, 0.29) is 11.9 Å². The van der Waals surface area contributed by atoms with E-state index in [0.717, 1.165) is 27.9 Å². The van der Waals surface area contributed by atoms with Gasteiger partial charge in [-0.3, -0.25) is 4.79 Å². The fourth-order valence-corrected chi connectivity index (χ4v) is 5.42. The molecule has 8 heteroatoms. The van der Waals surface area contributed by atoms with E-state index in [2.05, 4.69) is 34.7 Å². The zero-order valence-corrected chi connectivity index (χ0v) is 19.9. The zero-order valence-electron chi connectivity index (χ0n) is 18.3. The Morgan fingerprint density at radius 2 is 1.81 bits per heavy atom. The van der Waals surface area contributed by atoms with Gasteiger partial charge in [-0.2, -0.15) is 0 Å². The van der Waals surface area contributed by atoms with E-state index in [4.69, 9.17) is 4.74 Å². The van der Waals surface area contributed by atoms with Crippen LogP contribution < -0.4 is 15.4 Å². The van der Waals surface area contributed by atoms with Gasteiger partial charge in [0.25, 0.3) is 0 Å². The van der Waals surface area contributed by atoms with Gasteiger partial charge in [-0.15, -0.1) is 10.2 Å². The minimum atomic E-state index is 0.0691. The molecule has 1 fully saturated rings. The van der Waals surface area contributed by atoms with Crippen molar-refractivity contribution in [1.82, 2.24) is 15.5 Å². The van der Waals surface area contributed by atoms with Crippen molar-refractivity contribution < 1.29 is 9.53 Å². The highest BCUT2D eigenvalue weighted by molar-refractivity contribution is 8.01. The number of nitrogens with zero attached hydrogens (tertiary/aromatic N) is 2. The highest BCUT2D eigenvalue weighted by Gasteiger charge is 2.28. The number of para-hydroxylation sites is 1. The molecular formula is C24H28N4O2S2. The lowest BCUT2D eigenvalue weighted by Gasteiger charge is -2.34. The Morgan fingerprint density at radius 3 is 2.59 bits per heavy atom. The topological polar surface area (TPSA) is 76.1 Å². The van der Waals surface area contributed by atoms with Crippen LogP contribution in [0.4, 0.5) is 10.8 Å². The monoisotopic (exact) mass is 468 g/mol. The van der Waals surface area contributed by atoms with E-state index < -0.39 is 0 Å². The molecule has 168 valence electrons. The van der Waals surface area contributed by atoms with Crippen molar-refractivity contribution in [3.8, 4) is 11.5 Å². The fourth-order valence-electron chi connectivity index (χ4n) is 3.83. The van der Waals surface area contributed by atoms with Crippen LogP contribution in [0.2, 0.25) is 0 Å². The number of rotatable bonds is 8. The first kappa shape index (κ1) is 22.6. The quantitative estimate of drug-likeness (QED) is 0.389. The van der Waals surface area contributed by atoms with Gasteiger partial charge in [0.2, 0.25) is 11.0 Å². The lowest BCUT2D eigenvalue weighted by atomic mass is 9.78. The Balaban J connectivity index is 1.24. The van der Waals surface area contributed by atoms with Crippen LogP contribution in [0, 0.1) is 11.8 Å². The molecule has 3 aromatic rings. The summed E-state index contributed by atoms with van der Waals surface area (Å²) in [5, 5.41) is 15.5. The summed E-state index contributed by atoms with van der Waals surface area (Å²) in [6.07, 6.45) is 3.52. The van der Waals surface area contributed by atoms with Crippen molar-refractivity contribution in [3.63, 3.8) is 0 Å².